The van der Waals surface area contributed by atoms with Crippen LogP contribution in [0.1, 0.15) is 49.8 Å². The van der Waals surface area contributed by atoms with Gasteiger partial charge in [-0.2, -0.15) is 4.98 Å². The summed E-state index contributed by atoms with van der Waals surface area (Å²) in [6.07, 6.45) is 8.59. The Balaban J connectivity index is 1.32. The highest BCUT2D eigenvalue weighted by Crippen LogP contribution is 2.36. The summed E-state index contributed by atoms with van der Waals surface area (Å²) in [5.41, 5.74) is 3.23. The molecule has 0 amide bonds. The molecule has 0 aliphatic heterocycles. The van der Waals surface area contributed by atoms with Crippen LogP contribution in [0, 0.1) is 0 Å². The molecule has 0 bridgehead atoms. The Bertz CT molecular complexity index is 1060. The van der Waals surface area contributed by atoms with Gasteiger partial charge in [-0.3, -0.25) is 0 Å². The van der Waals surface area contributed by atoms with Crippen molar-refractivity contribution in [3.63, 3.8) is 0 Å². The third-order valence-corrected chi connectivity index (χ3v) is 7.22. The van der Waals surface area contributed by atoms with Crippen LogP contribution in [0.5, 0.6) is 11.5 Å². The number of nitrogens with one attached hydrogen (secondary N) is 3. The molecule has 1 saturated carbocycles. The second-order valence-electron chi connectivity index (χ2n) is 9.38. The first-order valence-corrected chi connectivity index (χ1v) is 13.0. The number of ether oxygens (including phenoxy) is 2. The van der Waals surface area contributed by atoms with E-state index < -0.39 is 0 Å². The van der Waals surface area contributed by atoms with Gasteiger partial charge in [0.15, 0.2) is 5.11 Å². The van der Waals surface area contributed by atoms with E-state index in [4.69, 9.17) is 43.3 Å². The minimum absolute atomic E-state index is 0.301. The fourth-order valence-electron chi connectivity index (χ4n) is 4.88. The van der Waals surface area contributed by atoms with Gasteiger partial charge >= 0.3 is 0 Å². The van der Waals surface area contributed by atoms with Crippen LogP contribution in [0.25, 0.3) is 0 Å². The maximum Gasteiger partial charge on any atom is 0.225 e. The molecule has 3 N–H and O–H groups in total. The van der Waals surface area contributed by atoms with Crippen molar-refractivity contribution in [2.45, 2.75) is 63.5 Å². The van der Waals surface area contributed by atoms with Crippen LogP contribution in [0.3, 0.4) is 0 Å². The van der Waals surface area contributed by atoms with Crippen LogP contribution in [-0.4, -0.2) is 55.5 Å². The number of aryl methyl sites for hydroxylation is 1. The molecule has 0 atom stereocenters. The first-order valence-electron chi connectivity index (χ1n) is 12.2. The predicted octanol–water partition coefficient (Wildman–Crippen LogP) is 4.80. The highest BCUT2D eigenvalue weighted by molar-refractivity contribution is 7.80. The number of aromatic nitrogens is 2. The van der Waals surface area contributed by atoms with Gasteiger partial charge < -0.3 is 30.3 Å². The summed E-state index contributed by atoms with van der Waals surface area (Å²) in [6.45, 7) is 0. The Morgan fingerprint density at radius 3 is 2.37 bits per heavy atom. The van der Waals surface area contributed by atoms with E-state index in [1.54, 1.807) is 26.4 Å². The number of rotatable bonds is 7. The van der Waals surface area contributed by atoms with Crippen LogP contribution in [-0.2, 0) is 12.8 Å². The molecule has 8 nitrogen and oxygen atoms in total. The van der Waals surface area contributed by atoms with Crippen LogP contribution < -0.4 is 30.3 Å². The number of anilines is 3. The Labute approximate surface area is 218 Å². The van der Waals surface area contributed by atoms with Crippen LogP contribution in [0.4, 0.5) is 17.5 Å². The van der Waals surface area contributed by atoms with Gasteiger partial charge in [-0.1, -0.05) is 11.6 Å². The Morgan fingerprint density at radius 1 is 1.00 bits per heavy atom. The summed E-state index contributed by atoms with van der Waals surface area (Å²) >= 11 is 11.8. The van der Waals surface area contributed by atoms with E-state index in [0.29, 0.717) is 39.4 Å². The van der Waals surface area contributed by atoms with E-state index >= 15 is 0 Å². The van der Waals surface area contributed by atoms with Gasteiger partial charge in [0.25, 0.3) is 0 Å². The maximum absolute atomic E-state index is 6.20. The van der Waals surface area contributed by atoms with E-state index in [0.717, 1.165) is 50.3 Å². The summed E-state index contributed by atoms with van der Waals surface area (Å²) in [5.74, 6) is 2.98. The lowest BCUT2D eigenvalue weighted by Crippen LogP contribution is -2.42. The zero-order valence-corrected chi connectivity index (χ0v) is 22.5. The van der Waals surface area contributed by atoms with Crippen LogP contribution in [0.2, 0.25) is 5.02 Å². The number of benzene rings is 1. The molecule has 0 saturated heterocycles. The summed E-state index contributed by atoms with van der Waals surface area (Å²) in [6, 6.07) is 4.16. The van der Waals surface area contributed by atoms with Crippen molar-refractivity contribution >= 4 is 46.4 Å². The average Bonchev–Trinajstić information content (AvgIpc) is 2.85. The SMILES string of the molecule is COc1cc(NC(=S)N[C@H]2CC[C@@H](Nc3nc4c(c(N(C)C)n3)CCCC4)CC2)c(OC)cc1Cl. The van der Waals surface area contributed by atoms with E-state index in [9.17, 15) is 0 Å². The van der Waals surface area contributed by atoms with E-state index in [1.165, 1.54) is 24.1 Å². The number of hydrogen-bond donors (Lipinski definition) is 3. The fourth-order valence-corrected chi connectivity index (χ4v) is 5.38. The number of thiocarbonyl (C=S) groups is 1. The Morgan fingerprint density at radius 2 is 1.69 bits per heavy atom. The van der Waals surface area contributed by atoms with Gasteiger partial charge in [0.05, 0.1) is 30.6 Å². The molecule has 0 unspecified atom stereocenters. The monoisotopic (exact) mass is 518 g/mol. The second-order valence-corrected chi connectivity index (χ2v) is 10.2. The maximum atomic E-state index is 6.20. The molecule has 10 heteroatoms. The lowest BCUT2D eigenvalue weighted by molar-refractivity contribution is 0.387. The normalized spacial score (nSPS) is 19.3. The van der Waals surface area contributed by atoms with E-state index in [2.05, 4.69) is 34.9 Å². The minimum Gasteiger partial charge on any atom is -0.495 e. The lowest BCUT2D eigenvalue weighted by Gasteiger charge is -2.31. The first kappa shape index (κ1) is 25.6. The zero-order valence-electron chi connectivity index (χ0n) is 20.9. The lowest BCUT2D eigenvalue weighted by atomic mass is 9.91. The third kappa shape index (κ3) is 6.19. The molecule has 0 radical (unpaired) electrons. The molecule has 2 aliphatic carbocycles. The summed E-state index contributed by atoms with van der Waals surface area (Å²) in [4.78, 5) is 11.8. The van der Waals surface area contributed by atoms with Crippen LogP contribution >= 0.6 is 23.8 Å². The fraction of sp³-hybridized carbons (Fsp3) is 0.560. The van der Waals surface area contributed by atoms with Crippen molar-refractivity contribution in [2.75, 3.05) is 43.8 Å². The molecule has 35 heavy (non-hydrogen) atoms. The molecular formula is C25H35ClN6O2S. The average molecular weight is 519 g/mol. The smallest absolute Gasteiger partial charge is 0.225 e. The quantitative estimate of drug-likeness (QED) is 0.447. The Hall–Kier alpha value is -2.52. The van der Waals surface area contributed by atoms with Gasteiger partial charge in [-0.15, -0.1) is 0 Å². The molecule has 1 fully saturated rings. The minimum atomic E-state index is 0.301. The standard InChI is InChI=1S/C25H35ClN6O2S/c1-32(2)23-17-7-5-6-8-19(17)29-24(31-23)27-15-9-11-16(12-10-15)28-25(35)30-20-14-21(33-3)18(26)13-22(20)34-4/h13-16H,5-12H2,1-4H3,(H,27,29,31)(H2,28,30,35)/t15-,16+. The van der Waals surface area contributed by atoms with Crippen molar-refractivity contribution in [3.8, 4) is 11.5 Å². The van der Waals surface area contributed by atoms with E-state index in [1.807, 2.05) is 0 Å². The number of fused-ring (bicyclic) bond motifs is 1. The number of methoxy groups -OCH3 is 2. The molecule has 1 heterocycles. The molecule has 2 aliphatic rings. The van der Waals surface area contributed by atoms with Gasteiger partial charge in [-0.25, -0.2) is 4.98 Å². The first-order chi connectivity index (χ1) is 16.9. The molecule has 190 valence electrons. The Kier molecular flexibility index (Phi) is 8.38. The van der Waals surface area contributed by atoms with Crippen molar-refractivity contribution in [1.82, 2.24) is 15.3 Å². The number of nitrogens with zero attached hydrogens (tertiary/aromatic N) is 3. The van der Waals surface area contributed by atoms with Crippen molar-refractivity contribution in [3.05, 3.63) is 28.4 Å². The summed E-state index contributed by atoms with van der Waals surface area (Å²) in [7, 11) is 7.30. The molecule has 1 aromatic carbocycles. The number of halogens is 1. The van der Waals surface area contributed by atoms with Gasteiger partial charge in [0.2, 0.25) is 5.95 Å². The largest absolute Gasteiger partial charge is 0.495 e. The van der Waals surface area contributed by atoms with E-state index in [-0.39, 0.29) is 0 Å². The highest BCUT2D eigenvalue weighted by atomic mass is 35.5. The van der Waals surface area contributed by atoms with Crippen LogP contribution in [0.15, 0.2) is 12.1 Å². The zero-order chi connectivity index (χ0) is 24.9. The third-order valence-electron chi connectivity index (χ3n) is 6.70. The number of hydrogen-bond acceptors (Lipinski definition) is 7. The van der Waals surface area contributed by atoms with Gasteiger partial charge in [0.1, 0.15) is 17.3 Å². The van der Waals surface area contributed by atoms with Crippen molar-refractivity contribution < 1.29 is 9.47 Å². The molecule has 1 aromatic heterocycles. The molecule has 4 rings (SSSR count). The molecule has 0 spiro atoms. The van der Waals surface area contributed by atoms with Gasteiger partial charge in [0, 0.05) is 43.9 Å². The van der Waals surface area contributed by atoms with Gasteiger partial charge in [-0.05, 0) is 63.6 Å². The van der Waals surface area contributed by atoms with Crippen molar-refractivity contribution in [1.29, 1.82) is 0 Å². The molecule has 2 aromatic rings. The summed E-state index contributed by atoms with van der Waals surface area (Å²) < 4.78 is 10.7. The highest BCUT2D eigenvalue weighted by Gasteiger charge is 2.24. The predicted molar refractivity (Wildman–Crippen MR) is 147 cm³/mol. The molecular weight excluding hydrogens is 484 g/mol. The van der Waals surface area contributed by atoms with Crippen molar-refractivity contribution in [2.24, 2.45) is 0 Å². The topological polar surface area (TPSA) is 83.6 Å². The second kappa shape index (κ2) is 11.5. The summed E-state index contributed by atoms with van der Waals surface area (Å²) in [5, 5.41) is 11.3.